The lowest BCUT2D eigenvalue weighted by Gasteiger charge is -2.13. The third-order valence-electron chi connectivity index (χ3n) is 1.59. The van der Waals surface area contributed by atoms with Crippen LogP contribution >= 0.6 is 11.7 Å². The SMILES string of the molecule is CN(CCC(=O)O)C(=O)c1cnsn1. The number of nitrogens with zero attached hydrogens (tertiary/aromatic N) is 3. The van der Waals surface area contributed by atoms with Gasteiger partial charge in [-0.2, -0.15) is 8.75 Å². The third kappa shape index (κ3) is 2.77. The minimum absolute atomic E-state index is 0.0696. The lowest BCUT2D eigenvalue weighted by molar-refractivity contribution is -0.137. The van der Waals surface area contributed by atoms with E-state index in [2.05, 4.69) is 8.75 Å². The van der Waals surface area contributed by atoms with Gasteiger partial charge in [-0.05, 0) is 0 Å². The van der Waals surface area contributed by atoms with Crippen LogP contribution in [0.2, 0.25) is 0 Å². The van der Waals surface area contributed by atoms with Gasteiger partial charge >= 0.3 is 5.97 Å². The Kier molecular flexibility index (Phi) is 3.52. The Balaban J connectivity index is 2.49. The first-order chi connectivity index (χ1) is 6.61. The van der Waals surface area contributed by atoms with Crippen molar-refractivity contribution < 1.29 is 14.7 Å². The van der Waals surface area contributed by atoms with Gasteiger partial charge in [-0.25, -0.2) is 0 Å². The predicted octanol–water partition coefficient (Wildman–Crippen LogP) is 0.0848. The van der Waals surface area contributed by atoms with E-state index in [1.165, 1.54) is 18.1 Å². The van der Waals surface area contributed by atoms with Crippen LogP contribution in [-0.2, 0) is 4.79 Å². The minimum atomic E-state index is -0.930. The lowest BCUT2D eigenvalue weighted by Crippen LogP contribution is -2.29. The maximum absolute atomic E-state index is 11.5. The van der Waals surface area contributed by atoms with Gasteiger partial charge in [0.15, 0.2) is 5.69 Å². The fraction of sp³-hybridized carbons (Fsp3) is 0.429. The van der Waals surface area contributed by atoms with Crippen LogP contribution in [0.5, 0.6) is 0 Å². The van der Waals surface area contributed by atoms with Crippen LogP contribution in [0.15, 0.2) is 6.20 Å². The zero-order valence-electron chi connectivity index (χ0n) is 7.51. The van der Waals surface area contributed by atoms with Crippen LogP contribution in [0.3, 0.4) is 0 Å². The number of aliphatic carboxylic acids is 1. The van der Waals surface area contributed by atoms with E-state index in [1.807, 2.05) is 0 Å². The van der Waals surface area contributed by atoms with Crippen molar-refractivity contribution in [2.45, 2.75) is 6.42 Å². The summed E-state index contributed by atoms with van der Waals surface area (Å²) in [6, 6.07) is 0. The van der Waals surface area contributed by atoms with E-state index in [0.29, 0.717) is 0 Å². The maximum Gasteiger partial charge on any atom is 0.305 e. The molecule has 1 rings (SSSR count). The highest BCUT2D eigenvalue weighted by Gasteiger charge is 2.14. The number of carbonyl (C=O) groups excluding carboxylic acids is 1. The van der Waals surface area contributed by atoms with Gasteiger partial charge in [0, 0.05) is 13.6 Å². The second kappa shape index (κ2) is 4.66. The zero-order chi connectivity index (χ0) is 10.6. The number of carbonyl (C=O) groups is 2. The molecule has 0 bridgehead atoms. The van der Waals surface area contributed by atoms with Gasteiger partial charge in [0.05, 0.1) is 24.3 Å². The van der Waals surface area contributed by atoms with E-state index >= 15 is 0 Å². The average Bonchev–Trinajstić information content (AvgIpc) is 2.65. The molecule has 76 valence electrons. The van der Waals surface area contributed by atoms with Crippen molar-refractivity contribution in [3.8, 4) is 0 Å². The molecule has 1 aromatic rings. The molecule has 0 unspecified atom stereocenters. The molecular formula is C7H9N3O3S. The molecule has 0 aliphatic rings. The second-order valence-corrected chi connectivity index (χ2v) is 3.22. The van der Waals surface area contributed by atoms with Crippen molar-refractivity contribution in [3.05, 3.63) is 11.9 Å². The summed E-state index contributed by atoms with van der Waals surface area (Å²) in [5.41, 5.74) is 0.253. The maximum atomic E-state index is 11.5. The Morgan fingerprint density at radius 2 is 2.36 bits per heavy atom. The Hall–Kier alpha value is -1.50. The van der Waals surface area contributed by atoms with Crippen LogP contribution in [-0.4, -0.2) is 44.2 Å². The molecule has 1 amide bonds. The molecule has 0 saturated heterocycles. The van der Waals surface area contributed by atoms with E-state index in [-0.39, 0.29) is 24.6 Å². The van der Waals surface area contributed by atoms with E-state index in [1.54, 1.807) is 0 Å². The smallest absolute Gasteiger partial charge is 0.305 e. The van der Waals surface area contributed by atoms with Gasteiger partial charge in [0.2, 0.25) is 0 Å². The molecule has 0 aliphatic carbocycles. The van der Waals surface area contributed by atoms with E-state index in [0.717, 1.165) is 11.7 Å². The molecule has 0 aliphatic heterocycles. The number of carboxylic acids is 1. The van der Waals surface area contributed by atoms with E-state index in [9.17, 15) is 9.59 Å². The molecule has 0 radical (unpaired) electrons. The quantitative estimate of drug-likeness (QED) is 0.769. The molecule has 1 aromatic heterocycles. The summed E-state index contributed by atoms with van der Waals surface area (Å²) < 4.78 is 7.44. The van der Waals surface area contributed by atoms with Gasteiger partial charge in [-0.3, -0.25) is 9.59 Å². The molecule has 14 heavy (non-hydrogen) atoms. The molecule has 6 nitrogen and oxygen atoms in total. The van der Waals surface area contributed by atoms with Crippen molar-refractivity contribution in [3.63, 3.8) is 0 Å². The highest BCUT2D eigenvalue weighted by Crippen LogP contribution is 2.00. The number of aromatic nitrogens is 2. The number of amides is 1. The topological polar surface area (TPSA) is 83.4 Å². The van der Waals surface area contributed by atoms with Crippen LogP contribution in [0, 0.1) is 0 Å². The van der Waals surface area contributed by atoms with Gasteiger partial charge < -0.3 is 10.0 Å². The van der Waals surface area contributed by atoms with Gasteiger partial charge in [0.1, 0.15) is 0 Å². The average molecular weight is 215 g/mol. The molecule has 1 N–H and O–H groups in total. The third-order valence-corrected chi connectivity index (χ3v) is 2.07. The molecule has 7 heteroatoms. The Bertz CT molecular complexity index is 325. The summed E-state index contributed by atoms with van der Waals surface area (Å²) in [5, 5.41) is 8.41. The highest BCUT2D eigenvalue weighted by atomic mass is 32.1. The number of hydrogen-bond acceptors (Lipinski definition) is 5. The largest absolute Gasteiger partial charge is 0.481 e. The monoisotopic (exact) mass is 215 g/mol. The molecule has 1 heterocycles. The van der Waals surface area contributed by atoms with Crippen LogP contribution in [0.1, 0.15) is 16.9 Å². The lowest BCUT2D eigenvalue weighted by atomic mass is 10.3. The van der Waals surface area contributed by atoms with Crippen molar-refractivity contribution >= 4 is 23.6 Å². The molecule has 0 atom stereocenters. The van der Waals surface area contributed by atoms with E-state index in [4.69, 9.17) is 5.11 Å². The molecular weight excluding hydrogens is 206 g/mol. The Morgan fingerprint density at radius 3 is 2.86 bits per heavy atom. The van der Waals surface area contributed by atoms with Crippen molar-refractivity contribution in [1.82, 2.24) is 13.6 Å². The minimum Gasteiger partial charge on any atom is -0.481 e. The van der Waals surface area contributed by atoms with Crippen molar-refractivity contribution in [2.24, 2.45) is 0 Å². The van der Waals surface area contributed by atoms with Gasteiger partial charge in [-0.15, -0.1) is 0 Å². The summed E-state index contributed by atoms with van der Waals surface area (Å²) in [5.74, 6) is -1.24. The molecule has 0 aromatic carbocycles. The van der Waals surface area contributed by atoms with E-state index < -0.39 is 5.97 Å². The fourth-order valence-electron chi connectivity index (χ4n) is 0.819. The van der Waals surface area contributed by atoms with Crippen LogP contribution in [0.4, 0.5) is 0 Å². The molecule has 0 spiro atoms. The van der Waals surface area contributed by atoms with Crippen LogP contribution in [0.25, 0.3) is 0 Å². The zero-order valence-corrected chi connectivity index (χ0v) is 8.32. The predicted molar refractivity (Wildman–Crippen MR) is 49.1 cm³/mol. The Morgan fingerprint density at radius 1 is 1.64 bits per heavy atom. The number of rotatable bonds is 4. The first-order valence-corrected chi connectivity index (χ1v) is 4.59. The van der Waals surface area contributed by atoms with Crippen molar-refractivity contribution in [2.75, 3.05) is 13.6 Å². The normalized spacial score (nSPS) is 9.79. The summed E-state index contributed by atoms with van der Waals surface area (Å²) in [4.78, 5) is 23.0. The first kappa shape index (κ1) is 10.6. The first-order valence-electron chi connectivity index (χ1n) is 3.86. The standard InChI is InChI=1S/C7H9N3O3S/c1-10(3-2-6(11)12)7(13)5-4-8-14-9-5/h4H,2-3H2,1H3,(H,11,12). The van der Waals surface area contributed by atoms with Gasteiger partial charge in [0.25, 0.3) is 5.91 Å². The Labute approximate surface area is 84.5 Å². The number of hydrogen-bond donors (Lipinski definition) is 1. The highest BCUT2D eigenvalue weighted by molar-refractivity contribution is 6.99. The fourth-order valence-corrected chi connectivity index (χ4v) is 1.23. The number of carboxylic acid groups (broad SMARTS) is 1. The summed E-state index contributed by atoms with van der Waals surface area (Å²) in [6.07, 6.45) is 1.30. The van der Waals surface area contributed by atoms with Crippen LogP contribution < -0.4 is 0 Å². The second-order valence-electron chi connectivity index (χ2n) is 2.66. The summed E-state index contributed by atoms with van der Waals surface area (Å²) >= 11 is 0.946. The summed E-state index contributed by atoms with van der Waals surface area (Å²) in [6.45, 7) is 0.172. The molecule has 0 saturated carbocycles. The van der Waals surface area contributed by atoms with Gasteiger partial charge in [-0.1, -0.05) is 0 Å². The molecule has 0 fully saturated rings. The van der Waals surface area contributed by atoms with Crippen molar-refractivity contribution in [1.29, 1.82) is 0 Å². The summed E-state index contributed by atoms with van der Waals surface area (Å²) in [7, 11) is 1.53.